The monoisotopic (exact) mass is 258 g/mol. The van der Waals surface area contributed by atoms with Gasteiger partial charge in [-0.05, 0) is 56.0 Å². The first kappa shape index (κ1) is 13.5. The summed E-state index contributed by atoms with van der Waals surface area (Å²) >= 11 is 0. The smallest absolute Gasteiger partial charge is 0.166 e. The van der Waals surface area contributed by atoms with E-state index < -0.39 is 5.92 Å². The highest BCUT2D eigenvalue weighted by Gasteiger charge is 2.26. The molecule has 19 heavy (non-hydrogen) atoms. The zero-order valence-electron chi connectivity index (χ0n) is 11.3. The lowest BCUT2D eigenvalue weighted by Crippen LogP contribution is -2.23. The van der Waals surface area contributed by atoms with Crippen LogP contribution >= 0.6 is 0 Å². The maximum atomic E-state index is 11.9. The van der Waals surface area contributed by atoms with Crippen LogP contribution in [0, 0.1) is 5.92 Å². The normalized spacial score (nSPS) is 18.9. The molecule has 0 N–H and O–H groups in total. The van der Waals surface area contributed by atoms with Gasteiger partial charge in [-0.3, -0.25) is 9.59 Å². The van der Waals surface area contributed by atoms with Crippen molar-refractivity contribution in [3.05, 3.63) is 35.9 Å². The van der Waals surface area contributed by atoms with Crippen molar-refractivity contribution in [1.29, 1.82) is 0 Å². The van der Waals surface area contributed by atoms with Gasteiger partial charge < -0.3 is 4.74 Å². The van der Waals surface area contributed by atoms with Crippen molar-refractivity contribution in [3.8, 4) is 5.75 Å². The number of carbonyl (C=O) groups excluding carboxylic acids is 2. The number of rotatable bonds is 4. The number of ether oxygens (including phenoxy) is 1. The molecular weight excluding hydrogens is 240 g/mol. The Labute approximate surface area is 113 Å². The van der Waals surface area contributed by atoms with Gasteiger partial charge in [0, 0.05) is 0 Å². The van der Waals surface area contributed by atoms with E-state index in [2.05, 4.69) is 0 Å². The first-order chi connectivity index (χ1) is 9.11. The number of allylic oxidation sites excluding steroid dienone is 2. The van der Waals surface area contributed by atoms with Gasteiger partial charge in [0.2, 0.25) is 0 Å². The minimum atomic E-state index is -0.438. The Morgan fingerprint density at radius 1 is 1.32 bits per heavy atom. The quantitative estimate of drug-likeness (QED) is 0.780. The van der Waals surface area contributed by atoms with Gasteiger partial charge in [0.1, 0.15) is 11.5 Å². The molecule has 0 saturated carbocycles. The van der Waals surface area contributed by atoms with Crippen molar-refractivity contribution in [2.45, 2.75) is 26.7 Å². The molecule has 1 atom stereocenters. The molecular formula is C16H18O3. The van der Waals surface area contributed by atoms with E-state index in [1.807, 2.05) is 31.2 Å². The van der Waals surface area contributed by atoms with Crippen LogP contribution in [0.25, 0.3) is 5.57 Å². The van der Waals surface area contributed by atoms with Crippen molar-refractivity contribution < 1.29 is 14.3 Å². The third kappa shape index (κ3) is 3.11. The highest BCUT2D eigenvalue weighted by Crippen LogP contribution is 2.29. The molecule has 100 valence electrons. The van der Waals surface area contributed by atoms with Gasteiger partial charge in [-0.15, -0.1) is 0 Å². The van der Waals surface area contributed by atoms with Crippen LogP contribution in [-0.4, -0.2) is 18.2 Å². The number of Topliss-reactive ketones (excluding diaryl/α,β-unsaturated/α-hetero) is 1. The lowest BCUT2D eigenvalue weighted by atomic mass is 9.84. The van der Waals surface area contributed by atoms with Crippen LogP contribution in [0.15, 0.2) is 30.3 Å². The summed E-state index contributed by atoms with van der Waals surface area (Å²) in [5.74, 6) is 0.289. The Morgan fingerprint density at radius 3 is 2.53 bits per heavy atom. The first-order valence-corrected chi connectivity index (χ1v) is 6.60. The second kappa shape index (κ2) is 5.83. The SMILES string of the molecule is CCOc1ccc(C2=CC(=O)[C@@H](C(C)=O)CC2)cc1. The van der Waals surface area contributed by atoms with E-state index in [1.165, 1.54) is 6.92 Å². The van der Waals surface area contributed by atoms with E-state index in [-0.39, 0.29) is 11.6 Å². The predicted molar refractivity (Wildman–Crippen MR) is 74.0 cm³/mol. The third-order valence-corrected chi connectivity index (χ3v) is 3.39. The number of benzene rings is 1. The molecule has 0 amide bonds. The molecule has 0 aliphatic heterocycles. The van der Waals surface area contributed by atoms with Crippen LogP contribution in [0.3, 0.4) is 0 Å². The van der Waals surface area contributed by atoms with Gasteiger partial charge in [0.05, 0.1) is 12.5 Å². The number of hydrogen-bond donors (Lipinski definition) is 0. The summed E-state index contributed by atoms with van der Waals surface area (Å²) < 4.78 is 5.39. The van der Waals surface area contributed by atoms with Crippen molar-refractivity contribution in [2.24, 2.45) is 5.92 Å². The molecule has 0 spiro atoms. The molecule has 0 unspecified atom stereocenters. The van der Waals surface area contributed by atoms with Gasteiger partial charge in [0.15, 0.2) is 5.78 Å². The van der Waals surface area contributed by atoms with E-state index in [1.54, 1.807) is 6.08 Å². The summed E-state index contributed by atoms with van der Waals surface area (Å²) in [6.07, 6.45) is 3.00. The summed E-state index contributed by atoms with van der Waals surface area (Å²) in [6, 6.07) is 7.72. The summed E-state index contributed by atoms with van der Waals surface area (Å²) in [5, 5.41) is 0. The van der Waals surface area contributed by atoms with Gasteiger partial charge >= 0.3 is 0 Å². The van der Waals surface area contributed by atoms with Crippen molar-refractivity contribution in [1.82, 2.24) is 0 Å². The molecule has 1 aromatic rings. The van der Waals surface area contributed by atoms with E-state index >= 15 is 0 Å². The number of hydrogen-bond acceptors (Lipinski definition) is 3. The average Bonchev–Trinajstić information content (AvgIpc) is 2.39. The largest absolute Gasteiger partial charge is 0.494 e. The molecule has 0 bridgehead atoms. The lowest BCUT2D eigenvalue weighted by molar-refractivity contribution is -0.129. The second-order valence-electron chi connectivity index (χ2n) is 4.73. The number of carbonyl (C=O) groups is 2. The number of ketones is 2. The average molecular weight is 258 g/mol. The third-order valence-electron chi connectivity index (χ3n) is 3.39. The van der Waals surface area contributed by atoms with Crippen LogP contribution in [0.4, 0.5) is 0 Å². The second-order valence-corrected chi connectivity index (χ2v) is 4.73. The van der Waals surface area contributed by atoms with Gasteiger partial charge in [-0.2, -0.15) is 0 Å². The Kier molecular flexibility index (Phi) is 4.15. The van der Waals surface area contributed by atoms with E-state index in [9.17, 15) is 9.59 Å². The maximum Gasteiger partial charge on any atom is 0.166 e. The molecule has 1 aromatic carbocycles. The summed E-state index contributed by atoms with van der Waals surface area (Å²) in [5.41, 5.74) is 2.03. The highest BCUT2D eigenvalue weighted by molar-refractivity contribution is 6.10. The summed E-state index contributed by atoms with van der Waals surface area (Å²) in [7, 11) is 0. The Bertz CT molecular complexity index is 511. The van der Waals surface area contributed by atoms with Crippen molar-refractivity contribution >= 4 is 17.1 Å². The summed E-state index contributed by atoms with van der Waals surface area (Å²) in [6.45, 7) is 4.07. The Morgan fingerprint density at radius 2 is 2.00 bits per heavy atom. The minimum Gasteiger partial charge on any atom is -0.494 e. The molecule has 0 aromatic heterocycles. The van der Waals surface area contributed by atoms with Crippen molar-refractivity contribution in [2.75, 3.05) is 6.61 Å². The van der Waals surface area contributed by atoms with Crippen molar-refractivity contribution in [3.63, 3.8) is 0 Å². The molecule has 3 heteroatoms. The maximum absolute atomic E-state index is 11.9. The van der Waals surface area contributed by atoms with Gasteiger partial charge in [-0.1, -0.05) is 12.1 Å². The topological polar surface area (TPSA) is 43.4 Å². The van der Waals surface area contributed by atoms with Crippen LogP contribution in [-0.2, 0) is 9.59 Å². The Hall–Kier alpha value is -1.90. The fourth-order valence-corrected chi connectivity index (χ4v) is 2.35. The van der Waals surface area contributed by atoms with E-state index in [0.29, 0.717) is 13.0 Å². The molecule has 0 heterocycles. The van der Waals surface area contributed by atoms with Gasteiger partial charge in [0.25, 0.3) is 0 Å². The molecule has 3 nitrogen and oxygen atoms in total. The molecule has 1 aliphatic carbocycles. The molecule has 0 saturated heterocycles. The standard InChI is InChI=1S/C16H18O3/c1-3-19-14-7-4-12(5-8-14)13-6-9-15(11(2)17)16(18)10-13/h4-5,7-8,10,15H,3,6,9H2,1-2H3/t15-/m1/s1. The summed E-state index contributed by atoms with van der Waals surface area (Å²) in [4.78, 5) is 23.2. The van der Waals surface area contributed by atoms with E-state index in [0.717, 1.165) is 23.3 Å². The van der Waals surface area contributed by atoms with Crippen LogP contribution < -0.4 is 4.74 Å². The van der Waals surface area contributed by atoms with Gasteiger partial charge in [-0.25, -0.2) is 0 Å². The van der Waals surface area contributed by atoms with Crippen LogP contribution in [0.1, 0.15) is 32.3 Å². The molecule has 0 fully saturated rings. The fourth-order valence-electron chi connectivity index (χ4n) is 2.35. The van der Waals surface area contributed by atoms with Crippen LogP contribution in [0.5, 0.6) is 5.75 Å². The minimum absolute atomic E-state index is 0.0352. The molecule has 0 radical (unpaired) electrons. The predicted octanol–water partition coefficient (Wildman–Crippen LogP) is 3.04. The lowest BCUT2D eigenvalue weighted by Gasteiger charge is -2.19. The molecule has 1 aliphatic rings. The molecule has 2 rings (SSSR count). The highest BCUT2D eigenvalue weighted by atomic mass is 16.5. The van der Waals surface area contributed by atoms with Crippen LogP contribution in [0.2, 0.25) is 0 Å². The van der Waals surface area contributed by atoms with E-state index in [4.69, 9.17) is 4.74 Å². The first-order valence-electron chi connectivity index (χ1n) is 6.60. The fraction of sp³-hybridized carbons (Fsp3) is 0.375. The zero-order chi connectivity index (χ0) is 13.8. The Balaban J connectivity index is 2.17. The zero-order valence-corrected chi connectivity index (χ0v) is 11.3.